The van der Waals surface area contributed by atoms with Crippen molar-refractivity contribution in [3.8, 4) is 5.75 Å². The van der Waals surface area contributed by atoms with Gasteiger partial charge in [-0.3, -0.25) is 10.1 Å². The second kappa shape index (κ2) is 4.75. The van der Waals surface area contributed by atoms with E-state index in [-0.39, 0.29) is 17.5 Å². The molecule has 0 amide bonds. The third kappa shape index (κ3) is 2.92. The molecule has 0 fully saturated rings. The lowest BCUT2D eigenvalue weighted by Crippen LogP contribution is -2.08. The van der Waals surface area contributed by atoms with Crippen LogP contribution in [0, 0.1) is 10.1 Å². The predicted molar refractivity (Wildman–Crippen MR) is 56.8 cm³/mol. The third-order valence-corrected chi connectivity index (χ3v) is 1.82. The SMILES string of the molecule is CC(C)Oc1cc(CN)ccc1[N+](=O)[O-]. The molecule has 0 aliphatic heterocycles. The Morgan fingerprint density at radius 2 is 2.20 bits per heavy atom. The first-order chi connectivity index (χ1) is 7.04. The molecule has 0 saturated heterocycles. The number of hydrogen-bond acceptors (Lipinski definition) is 4. The fourth-order valence-corrected chi connectivity index (χ4v) is 1.18. The highest BCUT2D eigenvalue weighted by Gasteiger charge is 2.16. The molecular weight excluding hydrogens is 196 g/mol. The summed E-state index contributed by atoms with van der Waals surface area (Å²) in [5.74, 6) is 0.276. The first-order valence-electron chi connectivity index (χ1n) is 4.68. The van der Waals surface area contributed by atoms with E-state index in [0.717, 1.165) is 5.56 Å². The molecule has 1 aromatic rings. The number of benzene rings is 1. The van der Waals surface area contributed by atoms with E-state index in [2.05, 4.69) is 0 Å². The maximum Gasteiger partial charge on any atom is 0.310 e. The maximum absolute atomic E-state index is 10.7. The zero-order valence-corrected chi connectivity index (χ0v) is 8.77. The number of nitro benzene ring substituents is 1. The molecule has 0 heterocycles. The third-order valence-electron chi connectivity index (χ3n) is 1.82. The summed E-state index contributed by atoms with van der Waals surface area (Å²) in [7, 11) is 0. The van der Waals surface area contributed by atoms with E-state index in [1.807, 2.05) is 13.8 Å². The summed E-state index contributed by atoms with van der Waals surface area (Å²) in [5, 5.41) is 10.7. The van der Waals surface area contributed by atoms with Crippen molar-refractivity contribution >= 4 is 5.69 Å². The van der Waals surface area contributed by atoms with Crippen LogP contribution >= 0.6 is 0 Å². The number of hydrogen-bond donors (Lipinski definition) is 1. The molecule has 0 bridgehead atoms. The summed E-state index contributed by atoms with van der Waals surface area (Å²) in [4.78, 5) is 10.2. The summed E-state index contributed by atoms with van der Waals surface area (Å²) in [6, 6.07) is 4.66. The van der Waals surface area contributed by atoms with Crippen LogP contribution in [-0.4, -0.2) is 11.0 Å². The fourth-order valence-electron chi connectivity index (χ4n) is 1.18. The molecule has 0 atom stereocenters. The lowest BCUT2D eigenvalue weighted by molar-refractivity contribution is -0.386. The summed E-state index contributed by atoms with van der Waals surface area (Å²) in [5.41, 5.74) is 6.24. The Balaban J connectivity index is 3.10. The maximum atomic E-state index is 10.7. The van der Waals surface area contributed by atoms with Crippen LogP contribution in [-0.2, 0) is 6.54 Å². The van der Waals surface area contributed by atoms with E-state index in [1.54, 1.807) is 12.1 Å². The zero-order chi connectivity index (χ0) is 11.4. The minimum absolute atomic E-state index is 0.0269. The van der Waals surface area contributed by atoms with Crippen LogP contribution in [0.3, 0.4) is 0 Å². The van der Waals surface area contributed by atoms with Crippen LogP contribution in [0.4, 0.5) is 5.69 Å². The highest BCUT2D eigenvalue weighted by atomic mass is 16.6. The lowest BCUT2D eigenvalue weighted by Gasteiger charge is -2.10. The number of nitrogens with two attached hydrogens (primary N) is 1. The zero-order valence-electron chi connectivity index (χ0n) is 8.77. The first kappa shape index (κ1) is 11.5. The van der Waals surface area contributed by atoms with Crippen LogP contribution < -0.4 is 10.5 Å². The molecule has 0 unspecified atom stereocenters. The van der Waals surface area contributed by atoms with Gasteiger partial charge in [0, 0.05) is 12.6 Å². The molecule has 2 N–H and O–H groups in total. The van der Waals surface area contributed by atoms with E-state index in [0.29, 0.717) is 6.54 Å². The van der Waals surface area contributed by atoms with Gasteiger partial charge in [0.2, 0.25) is 0 Å². The Morgan fingerprint density at radius 1 is 1.53 bits per heavy atom. The lowest BCUT2D eigenvalue weighted by atomic mass is 10.2. The van der Waals surface area contributed by atoms with Gasteiger partial charge in [0.15, 0.2) is 5.75 Å². The van der Waals surface area contributed by atoms with Gasteiger partial charge in [-0.25, -0.2) is 0 Å². The van der Waals surface area contributed by atoms with Crippen LogP contribution in [0.25, 0.3) is 0 Å². The minimum atomic E-state index is -0.460. The van der Waals surface area contributed by atoms with Crippen molar-refractivity contribution in [2.24, 2.45) is 5.73 Å². The van der Waals surface area contributed by atoms with Crippen LogP contribution in [0.1, 0.15) is 19.4 Å². The number of nitrogens with zero attached hydrogens (tertiary/aromatic N) is 1. The van der Waals surface area contributed by atoms with Crippen LogP contribution in [0.5, 0.6) is 5.75 Å². The van der Waals surface area contributed by atoms with E-state index in [1.165, 1.54) is 6.07 Å². The Kier molecular flexibility index (Phi) is 3.62. The van der Waals surface area contributed by atoms with Gasteiger partial charge in [-0.15, -0.1) is 0 Å². The van der Waals surface area contributed by atoms with E-state index >= 15 is 0 Å². The summed E-state index contributed by atoms with van der Waals surface area (Å²) in [6.07, 6.45) is -0.100. The summed E-state index contributed by atoms with van der Waals surface area (Å²) < 4.78 is 5.35. The van der Waals surface area contributed by atoms with Crippen molar-refractivity contribution in [1.82, 2.24) is 0 Å². The molecule has 5 heteroatoms. The molecule has 0 radical (unpaired) electrons. The monoisotopic (exact) mass is 210 g/mol. The Hall–Kier alpha value is -1.62. The van der Waals surface area contributed by atoms with Crippen molar-refractivity contribution in [2.45, 2.75) is 26.5 Å². The number of nitro groups is 1. The van der Waals surface area contributed by atoms with Crippen LogP contribution in [0.2, 0.25) is 0 Å². The summed E-state index contributed by atoms with van der Waals surface area (Å²) >= 11 is 0. The quantitative estimate of drug-likeness (QED) is 0.607. The van der Waals surface area contributed by atoms with Crippen molar-refractivity contribution in [1.29, 1.82) is 0 Å². The topological polar surface area (TPSA) is 78.4 Å². The van der Waals surface area contributed by atoms with Crippen molar-refractivity contribution in [2.75, 3.05) is 0 Å². The van der Waals surface area contributed by atoms with Gasteiger partial charge in [-0.1, -0.05) is 6.07 Å². The van der Waals surface area contributed by atoms with Crippen molar-refractivity contribution in [3.05, 3.63) is 33.9 Å². The van der Waals surface area contributed by atoms with E-state index in [4.69, 9.17) is 10.5 Å². The van der Waals surface area contributed by atoms with Crippen molar-refractivity contribution < 1.29 is 9.66 Å². The van der Waals surface area contributed by atoms with E-state index < -0.39 is 4.92 Å². The molecule has 1 aromatic carbocycles. The summed E-state index contributed by atoms with van der Waals surface area (Å²) in [6.45, 7) is 3.98. The Morgan fingerprint density at radius 3 is 2.67 bits per heavy atom. The van der Waals surface area contributed by atoms with E-state index in [9.17, 15) is 10.1 Å². The Labute approximate surface area is 88.0 Å². The van der Waals surface area contributed by atoms with Gasteiger partial charge in [-0.2, -0.15) is 0 Å². The molecule has 0 spiro atoms. The average molecular weight is 210 g/mol. The van der Waals surface area contributed by atoms with Gasteiger partial charge in [0.1, 0.15) is 0 Å². The Bertz CT molecular complexity index is 364. The van der Waals surface area contributed by atoms with Gasteiger partial charge in [-0.05, 0) is 25.5 Å². The number of rotatable bonds is 4. The largest absolute Gasteiger partial charge is 0.484 e. The minimum Gasteiger partial charge on any atom is -0.484 e. The van der Waals surface area contributed by atoms with Gasteiger partial charge >= 0.3 is 5.69 Å². The molecule has 1 rings (SSSR count). The van der Waals surface area contributed by atoms with Crippen LogP contribution in [0.15, 0.2) is 18.2 Å². The highest BCUT2D eigenvalue weighted by molar-refractivity contribution is 5.48. The first-order valence-corrected chi connectivity index (χ1v) is 4.68. The predicted octanol–water partition coefficient (Wildman–Crippen LogP) is 1.84. The molecule has 0 aromatic heterocycles. The normalized spacial score (nSPS) is 10.4. The molecule has 15 heavy (non-hydrogen) atoms. The van der Waals surface area contributed by atoms with Gasteiger partial charge in [0.05, 0.1) is 11.0 Å². The molecule has 0 aliphatic carbocycles. The molecule has 0 aliphatic rings. The molecular formula is C10H14N2O3. The van der Waals surface area contributed by atoms with Gasteiger partial charge < -0.3 is 10.5 Å². The van der Waals surface area contributed by atoms with Crippen molar-refractivity contribution in [3.63, 3.8) is 0 Å². The molecule has 5 nitrogen and oxygen atoms in total. The standard InChI is InChI=1S/C10H14N2O3/c1-7(2)15-10-5-8(6-11)3-4-9(10)12(13)14/h3-5,7H,6,11H2,1-2H3. The highest BCUT2D eigenvalue weighted by Crippen LogP contribution is 2.28. The fraction of sp³-hybridized carbons (Fsp3) is 0.400. The average Bonchev–Trinajstić information content (AvgIpc) is 2.16. The second-order valence-electron chi connectivity index (χ2n) is 3.43. The number of ether oxygens (including phenoxy) is 1. The smallest absolute Gasteiger partial charge is 0.310 e. The molecule has 82 valence electrons. The second-order valence-corrected chi connectivity index (χ2v) is 3.43. The van der Waals surface area contributed by atoms with Gasteiger partial charge in [0.25, 0.3) is 0 Å². The molecule has 0 saturated carbocycles.